The Hall–Kier alpha value is -1.73. The maximum Gasteiger partial charge on any atom is 0.267 e. The van der Waals surface area contributed by atoms with Crippen LogP contribution in [0.4, 0.5) is 5.13 Å². The monoisotopic (exact) mass is 401 g/mol. The molecule has 152 valence electrons. The molecule has 2 aromatic rings. The second kappa shape index (κ2) is 8.74. The van der Waals surface area contributed by atoms with Crippen molar-refractivity contribution in [3.63, 3.8) is 0 Å². The minimum absolute atomic E-state index is 0.0565. The van der Waals surface area contributed by atoms with Gasteiger partial charge in [0.25, 0.3) is 5.56 Å². The van der Waals surface area contributed by atoms with Gasteiger partial charge in [-0.15, -0.1) is 11.3 Å². The van der Waals surface area contributed by atoms with Crippen LogP contribution in [-0.4, -0.2) is 45.3 Å². The first-order chi connectivity index (χ1) is 13.6. The van der Waals surface area contributed by atoms with E-state index in [1.807, 2.05) is 6.07 Å². The van der Waals surface area contributed by atoms with Crippen LogP contribution in [0.15, 0.2) is 10.9 Å². The summed E-state index contributed by atoms with van der Waals surface area (Å²) in [6.45, 7) is 7.76. The molecule has 4 rings (SSSR count). The van der Waals surface area contributed by atoms with Crippen molar-refractivity contribution < 1.29 is 0 Å². The summed E-state index contributed by atoms with van der Waals surface area (Å²) in [5, 5.41) is 9.24. The molecule has 1 fully saturated rings. The van der Waals surface area contributed by atoms with Gasteiger partial charge in [-0.3, -0.25) is 9.69 Å². The van der Waals surface area contributed by atoms with Crippen LogP contribution in [0.2, 0.25) is 0 Å². The first-order valence-corrected chi connectivity index (χ1v) is 11.4. The first kappa shape index (κ1) is 19.6. The lowest BCUT2D eigenvalue weighted by Gasteiger charge is -2.35. The number of nitrogens with zero attached hydrogens (tertiary/aromatic N) is 4. The quantitative estimate of drug-likeness (QED) is 0.806. The fourth-order valence-electron chi connectivity index (χ4n) is 4.32. The number of fused-ring (bicyclic) bond motifs is 1. The largest absolute Gasteiger partial charge is 0.360 e. The maximum absolute atomic E-state index is 12.5. The molecule has 1 saturated heterocycles. The highest BCUT2D eigenvalue weighted by atomic mass is 32.1. The summed E-state index contributed by atoms with van der Waals surface area (Å²) in [5.74, 6) is 0. The Morgan fingerprint density at radius 1 is 1.18 bits per heavy atom. The maximum atomic E-state index is 12.5. The molecule has 0 aromatic carbocycles. The van der Waals surface area contributed by atoms with Gasteiger partial charge in [0.2, 0.25) is 0 Å². The molecule has 1 aliphatic heterocycles. The van der Waals surface area contributed by atoms with E-state index < -0.39 is 0 Å². The third-order valence-corrected chi connectivity index (χ3v) is 7.17. The van der Waals surface area contributed by atoms with Gasteiger partial charge in [-0.25, -0.2) is 9.67 Å². The average Bonchev–Trinajstić information content (AvgIpc) is 3.03. The van der Waals surface area contributed by atoms with Crippen molar-refractivity contribution in [1.82, 2.24) is 19.7 Å². The molecule has 1 N–H and O–H groups in total. The Morgan fingerprint density at radius 2 is 2.04 bits per heavy atom. The Kier molecular flexibility index (Phi) is 6.11. The molecule has 0 saturated carbocycles. The zero-order valence-corrected chi connectivity index (χ0v) is 17.9. The lowest BCUT2D eigenvalue weighted by atomic mass is 9.97. The first-order valence-electron chi connectivity index (χ1n) is 10.6. The van der Waals surface area contributed by atoms with Crippen molar-refractivity contribution in [1.29, 1.82) is 0 Å². The number of rotatable bonds is 6. The molecule has 28 heavy (non-hydrogen) atoms. The lowest BCUT2D eigenvalue weighted by molar-refractivity contribution is 0.148. The third kappa shape index (κ3) is 4.46. The summed E-state index contributed by atoms with van der Waals surface area (Å²) >= 11 is 1.73. The predicted molar refractivity (Wildman–Crippen MR) is 114 cm³/mol. The van der Waals surface area contributed by atoms with Gasteiger partial charge in [0.1, 0.15) is 0 Å². The number of nitrogens with one attached hydrogen (secondary N) is 1. The normalized spacial score (nSPS) is 20.1. The van der Waals surface area contributed by atoms with Crippen molar-refractivity contribution in [2.24, 2.45) is 0 Å². The lowest BCUT2D eigenvalue weighted by Crippen LogP contribution is -2.45. The van der Waals surface area contributed by atoms with Crippen LogP contribution in [0.25, 0.3) is 0 Å². The predicted octanol–water partition coefficient (Wildman–Crippen LogP) is 3.16. The van der Waals surface area contributed by atoms with E-state index in [1.54, 1.807) is 16.0 Å². The van der Waals surface area contributed by atoms with Gasteiger partial charge in [-0.1, -0.05) is 6.42 Å². The summed E-state index contributed by atoms with van der Waals surface area (Å²) in [6.07, 6.45) is 8.09. The molecular formula is C21H31N5OS. The second-order valence-corrected chi connectivity index (χ2v) is 9.32. The molecule has 1 atom stereocenters. The average molecular weight is 402 g/mol. The standard InChI is InChI=1S/C21H31N5OS/c1-15-16(2)28-21(23-15)22-14-18-8-5-6-10-25(18)11-12-26-20(27)13-17-7-3-4-9-19(17)24-26/h13,18H,3-12,14H2,1-2H3,(H,22,23). The molecule has 1 unspecified atom stereocenters. The van der Waals surface area contributed by atoms with Gasteiger partial charge in [0, 0.05) is 30.1 Å². The molecular weight excluding hydrogens is 370 g/mol. The topological polar surface area (TPSA) is 63.1 Å². The number of anilines is 1. The van der Waals surface area contributed by atoms with E-state index in [1.165, 1.54) is 42.5 Å². The van der Waals surface area contributed by atoms with E-state index >= 15 is 0 Å². The molecule has 0 radical (unpaired) electrons. The minimum atomic E-state index is 0.0565. The van der Waals surface area contributed by atoms with Gasteiger partial charge in [-0.2, -0.15) is 5.10 Å². The number of thiazole rings is 1. The number of aromatic nitrogens is 3. The highest BCUT2D eigenvalue weighted by molar-refractivity contribution is 7.15. The molecule has 1 aliphatic carbocycles. The molecule has 3 heterocycles. The van der Waals surface area contributed by atoms with Crippen LogP contribution in [-0.2, 0) is 19.4 Å². The van der Waals surface area contributed by atoms with Gasteiger partial charge in [0.15, 0.2) is 5.13 Å². The zero-order chi connectivity index (χ0) is 19.5. The van der Waals surface area contributed by atoms with Crippen LogP contribution in [0.3, 0.4) is 0 Å². The van der Waals surface area contributed by atoms with Crippen LogP contribution < -0.4 is 10.9 Å². The summed E-state index contributed by atoms with van der Waals surface area (Å²) in [7, 11) is 0. The van der Waals surface area contributed by atoms with Crippen molar-refractivity contribution in [2.45, 2.75) is 71.4 Å². The number of aryl methyl sites for hydroxylation is 4. The number of likely N-dealkylation sites (tertiary alicyclic amines) is 1. The van der Waals surface area contributed by atoms with E-state index in [-0.39, 0.29) is 5.56 Å². The van der Waals surface area contributed by atoms with Crippen LogP contribution >= 0.6 is 11.3 Å². The highest BCUT2D eigenvalue weighted by Gasteiger charge is 2.23. The van der Waals surface area contributed by atoms with E-state index in [0.717, 1.165) is 49.0 Å². The number of hydrogen-bond acceptors (Lipinski definition) is 6. The fraction of sp³-hybridized carbons (Fsp3) is 0.667. The van der Waals surface area contributed by atoms with E-state index in [0.29, 0.717) is 12.6 Å². The van der Waals surface area contributed by atoms with Crippen LogP contribution in [0, 0.1) is 13.8 Å². The van der Waals surface area contributed by atoms with Crippen molar-refractivity contribution in [2.75, 3.05) is 25.0 Å². The van der Waals surface area contributed by atoms with Crippen molar-refractivity contribution >= 4 is 16.5 Å². The Labute approximate surface area is 171 Å². The van der Waals surface area contributed by atoms with E-state index in [4.69, 9.17) is 0 Å². The minimum Gasteiger partial charge on any atom is -0.360 e. The summed E-state index contributed by atoms with van der Waals surface area (Å²) in [6, 6.07) is 2.32. The SMILES string of the molecule is Cc1nc(NCC2CCCCN2CCn2nc3c(cc2=O)CCCC3)sc1C. The van der Waals surface area contributed by atoms with Gasteiger partial charge in [0.05, 0.1) is 17.9 Å². The Balaban J connectivity index is 1.37. The van der Waals surface area contributed by atoms with Gasteiger partial charge < -0.3 is 5.32 Å². The van der Waals surface area contributed by atoms with Crippen LogP contribution in [0.5, 0.6) is 0 Å². The van der Waals surface area contributed by atoms with Crippen LogP contribution in [0.1, 0.15) is 53.9 Å². The molecule has 6 nitrogen and oxygen atoms in total. The molecule has 0 spiro atoms. The third-order valence-electron chi connectivity index (χ3n) is 6.14. The fourth-order valence-corrected chi connectivity index (χ4v) is 5.14. The van der Waals surface area contributed by atoms with Crippen molar-refractivity contribution in [3.8, 4) is 0 Å². The number of hydrogen-bond donors (Lipinski definition) is 1. The van der Waals surface area contributed by atoms with E-state index in [2.05, 4.69) is 34.1 Å². The molecule has 2 aromatic heterocycles. The van der Waals surface area contributed by atoms with E-state index in [9.17, 15) is 4.79 Å². The molecule has 0 bridgehead atoms. The summed E-state index contributed by atoms with van der Waals surface area (Å²) in [5.41, 5.74) is 3.48. The van der Waals surface area contributed by atoms with Gasteiger partial charge >= 0.3 is 0 Å². The van der Waals surface area contributed by atoms with Gasteiger partial charge in [-0.05, 0) is 64.5 Å². The summed E-state index contributed by atoms with van der Waals surface area (Å²) < 4.78 is 1.69. The molecule has 2 aliphatic rings. The van der Waals surface area contributed by atoms with Crippen molar-refractivity contribution in [3.05, 3.63) is 38.2 Å². The zero-order valence-electron chi connectivity index (χ0n) is 17.0. The summed E-state index contributed by atoms with van der Waals surface area (Å²) in [4.78, 5) is 20.9. The molecule has 0 amide bonds. The molecule has 7 heteroatoms. The smallest absolute Gasteiger partial charge is 0.267 e. The Bertz CT molecular complexity index is 855. The number of piperidine rings is 1. The second-order valence-electron chi connectivity index (χ2n) is 8.11. The Morgan fingerprint density at radius 3 is 2.86 bits per heavy atom. The highest BCUT2D eigenvalue weighted by Crippen LogP contribution is 2.23.